The van der Waals surface area contributed by atoms with E-state index in [0.717, 1.165) is 43.0 Å². The van der Waals surface area contributed by atoms with Gasteiger partial charge < -0.3 is 14.4 Å². The summed E-state index contributed by atoms with van der Waals surface area (Å²) in [6.45, 7) is 9.50. The molecule has 0 spiro atoms. The molecular weight excluding hydrogens is 348 g/mol. The van der Waals surface area contributed by atoms with Gasteiger partial charge in [-0.2, -0.15) is 0 Å². The Kier molecular flexibility index (Phi) is 6.27. The lowest BCUT2D eigenvalue weighted by atomic mass is 10.3. The molecule has 0 unspecified atom stereocenters. The molecule has 7 nitrogen and oxygen atoms in total. The van der Waals surface area contributed by atoms with Gasteiger partial charge in [0.1, 0.15) is 11.6 Å². The van der Waals surface area contributed by atoms with Crippen LogP contribution in [0.3, 0.4) is 0 Å². The molecule has 0 radical (unpaired) electrons. The second-order valence-corrected chi connectivity index (χ2v) is 7.15. The first-order valence-corrected chi connectivity index (χ1v) is 9.75. The molecule has 0 N–H and O–H groups in total. The van der Waals surface area contributed by atoms with E-state index < -0.39 is 0 Å². The Bertz CT molecular complexity index is 739. The third kappa shape index (κ3) is 4.43. The Morgan fingerprint density at radius 3 is 2.77 bits per heavy atom. The van der Waals surface area contributed by atoms with Crippen LogP contribution in [-0.2, 0) is 11.3 Å². The Labute approximate surface area is 158 Å². The highest BCUT2D eigenvalue weighted by Gasteiger charge is 2.21. The van der Waals surface area contributed by atoms with Crippen molar-refractivity contribution >= 4 is 23.5 Å². The van der Waals surface area contributed by atoms with Crippen molar-refractivity contribution in [2.24, 2.45) is 0 Å². The average molecular weight is 372 g/mol. The molecule has 0 bridgehead atoms. The lowest BCUT2D eigenvalue weighted by Crippen LogP contribution is -2.49. The van der Waals surface area contributed by atoms with Crippen molar-refractivity contribution in [1.29, 1.82) is 0 Å². The number of hydrogen-bond acceptors (Lipinski definition) is 6. The van der Waals surface area contributed by atoms with Gasteiger partial charge in [-0.05, 0) is 19.1 Å². The summed E-state index contributed by atoms with van der Waals surface area (Å²) in [4.78, 5) is 21.0. The monoisotopic (exact) mass is 372 g/mol. The van der Waals surface area contributed by atoms with Crippen LogP contribution in [0.1, 0.15) is 12.2 Å². The molecule has 3 rings (SSSR count). The fraction of sp³-hybridized carbons (Fsp3) is 0.444. The lowest BCUT2D eigenvalue weighted by Gasteiger charge is -2.35. The Balaban J connectivity index is 1.44. The van der Waals surface area contributed by atoms with E-state index in [1.807, 2.05) is 40.7 Å². The van der Waals surface area contributed by atoms with Gasteiger partial charge in [0.15, 0.2) is 5.16 Å². The van der Waals surface area contributed by atoms with Gasteiger partial charge in [-0.25, -0.2) is 4.98 Å². The quantitative estimate of drug-likeness (QED) is 0.547. The molecule has 3 heterocycles. The first-order valence-electron chi connectivity index (χ1n) is 8.76. The van der Waals surface area contributed by atoms with Crippen LogP contribution < -0.4 is 4.90 Å². The summed E-state index contributed by atoms with van der Waals surface area (Å²) >= 11 is 1.57. The highest BCUT2D eigenvalue weighted by molar-refractivity contribution is 7.99. The molecule has 1 aliphatic heterocycles. The molecule has 138 valence electrons. The number of aryl methyl sites for hydroxylation is 1. The van der Waals surface area contributed by atoms with Crippen molar-refractivity contribution in [3.05, 3.63) is 42.9 Å². The topological polar surface area (TPSA) is 67.2 Å². The number of pyridine rings is 1. The fourth-order valence-corrected chi connectivity index (χ4v) is 3.84. The summed E-state index contributed by atoms with van der Waals surface area (Å²) in [6.07, 6.45) is 4.14. The van der Waals surface area contributed by atoms with Gasteiger partial charge in [0.25, 0.3) is 0 Å². The van der Waals surface area contributed by atoms with Gasteiger partial charge in [0.2, 0.25) is 5.91 Å². The van der Waals surface area contributed by atoms with Crippen LogP contribution >= 0.6 is 11.8 Å². The summed E-state index contributed by atoms with van der Waals surface area (Å²) in [5.74, 6) is 2.75. The molecular formula is C18H24N6OS. The second kappa shape index (κ2) is 8.84. The minimum absolute atomic E-state index is 0.199. The van der Waals surface area contributed by atoms with Gasteiger partial charge in [0, 0.05) is 51.1 Å². The molecule has 2 aromatic rings. The van der Waals surface area contributed by atoms with Crippen LogP contribution in [0.5, 0.6) is 0 Å². The van der Waals surface area contributed by atoms with E-state index >= 15 is 0 Å². The van der Waals surface area contributed by atoms with Crippen molar-refractivity contribution in [2.75, 3.05) is 36.8 Å². The van der Waals surface area contributed by atoms with E-state index in [1.54, 1.807) is 18.0 Å². The third-order valence-electron chi connectivity index (χ3n) is 4.37. The molecule has 0 atom stereocenters. The number of piperazine rings is 1. The molecule has 1 aliphatic rings. The standard InChI is InChI=1S/C18H24N6OS/c1-3-9-24-15(2)20-21-18(24)26-14-7-17(25)23-12-10-22(11-13-23)16-6-4-5-8-19-16/h3-6,8H,1,7,9-14H2,2H3. The van der Waals surface area contributed by atoms with Crippen molar-refractivity contribution in [1.82, 2.24) is 24.6 Å². The van der Waals surface area contributed by atoms with Crippen LogP contribution in [-0.4, -0.2) is 62.5 Å². The molecule has 0 saturated carbocycles. The molecule has 1 amide bonds. The normalized spacial score (nSPS) is 14.5. The smallest absolute Gasteiger partial charge is 0.223 e. The van der Waals surface area contributed by atoms with Crippen LogP contribution in [0.2, 0.25) is 0 Å². The summed E-state index contributed by atoms with van der Waals surface area (Å²) in [5.41, 5.74) is 0. The van der Waals surface area contributed by atoms with Crippen LogP contribution in [0.15, 0.2) is 42.2 Å². The minimum atomic E-state index is 0.199. The zero-order valence-electron chi connectivity index (χ0n) is 15.0. The molecule has 1 fully saturated rings. The highest BCUT2D eigenvalue weighted by atomic mass is 32.2. The highest BCUT2D eigenvalue weighted by Crippen LogP contribution is 2.19. The average Bonchev–Trinajstić information content (AvgIpc) is 3.03. The predicted molar refractivity (Wildman–Crippen MR) is 103 cm³/mol. The van der Waals surface area contributed by atoms with Gasteiger partial charge in [-0.3, -0.25) is 4.79 Å². The second-order valence-electron chi connectivity index (χ2n) is 6.08. The summed E-state index contributed by atoms with van der Waals surface area (Å²) in [6, 6.07) is 5.91. The number of amides is 1. The van der Waals surface area contributed by atoms with E-state index in [9.17, 15) is 4.79 Å². The van der Waals surface area contributed by atoms with Crippen LogP contribution in [0.25, 0.3) is 0 Å². The summed E-state index contributed by atoms with van der Waals surface area (Å²) in [7, 11) is 0. The number of aromatic nitrogens is 4. The molecule has 0 aromatic carbocycles. The van der Waals surface area contributed by atoms with Crippen molar-refractivity contribution in [3.63, 3.8) is 0 Å². The lowest BCUT2D eigenvalue weighted by molar-refractivity contribution is -0.131. The van der Waals surface area contributed by atoms with Gasteiger partial charge >= 0.3 is 0 Å². The van der Waals surface area contributed by atoms with Crippen molar-refractivity contribution in [2.45, 2.75) is 25.0 Å². The fourth-order valence-electron chi connectivity index (χ4n) is 2.92. The summed E-state index contributed by atoms with van der Waals surface area (Å²) in [5, 5.41) is 9.12. The first kappa shape index (κ1) is 18.4. The molecule has 26 heavy (non-hydrogen) atoms. The third-order valence-corrected chi connectivity index (χ3v) is 5.33. The maximum absolute atomic E-state index is 12.5. The number of carbonyl (C=O) groups is 1. The predicted octanol–water partition coefficient (Wildman–Crippen LogP) is 2.00. The van der Waals surface area contributed by atoms with E-state index in [0.29, 0.717) is 18.7 Å². The SMILES string of the molecule is C=CCn1c(C)nnc1SCCC(=O)N1CCN(c2ccccn2)CC1. The maximum atomic E-state index is 12.5. The summed E-state index contributed by atoms with van der Waals surface area (Å²) < 4.78 is 2.01. The number of hydrogen-bond donors (Lipinski definition) is 0. The Hall–Kier alpha value is -2.35. The number of nitrogens with zero attached hydrogens (tertiary/aromatic N) is 6. The Morgan fingerprint density at radius 1 is 1.27 bits per heavy atom. The zero-order chi connectivity index (χ0) is 18.4. The minimum Gasteiger partial charge on any atom is -0.353 e. The van der Waals surface area contributed by atoms with Crippen molar-refractivity contribution < 1.29 is 4.79 Å². The Morgan fingerprint density at radius 2 is 2.08 bits per heavy atom. The molecule has 1 saturated heterocycles. The first-order chi connectivity index (χ1) is 12.7. The maximum Gasteiger partial charge on any atom is 0.223 e. The molecule has 2 aromatic heterocycles. The largest absolute Gasteiger partial charge is 0.353 e. The number of rotatable bonds is 7. The zero-order valence-corrected chi connectivity index (χ0v) is 15.9. The van der Waals surface area contributed by atoms with Crippen LogP contribution in [0.4, 0.5) is 5.82 Å². The number of carbonyl (C=O) groups excluding carboxylic acids is 1. The van der Waals surface area contributed by atoms with E-state index in [-0.39, 0.29) is 5.91 Å². The van der Waals surface area contributed by atoms with Gasteiger partial charge in [-0.15, -0.1) is 16.8 Å². The van der Waals surface area contributed by atoms with Gasteiger partial charge in [0.05, 0.1) is 0 Å². The van der Waals surface area contributed by atoms with Crippen molar-refractivity contribution in [3.8, 4) is 0 Å². The molecule has 0 aliphatic carbocycles. The number of anilines is 1. The number of thioether (sulfide) groups is 1. The van der Waals surface area contributed by atoms with E-state index in [2.05, 4.69) is 26.7 Å². The van der Waals surface area contributed by atoms with Crippen LogP contribution in [0, 0.1) is 6.92 Å². The number of allylic oxidation sites excluding steroid dienone is 1. The molecule has 8 heteroatoms. The van der Waals surface area contributed by atoms with E-state index in [4.69, 9.17) is 0 Å². The van der Waals surface area contributed by atoms with Gasteiger partial charge in [-0.1, -0.05) is 23.9 Å². The van der Waals surface area contributed by atoms with E-state index in [1.165, 1.54) is 0 Å².